The summed E-state index contributed by atoms with van der Waals surface area (Å²) in [5, 5.41) is 7.21. The Bertz CT molecular complexity index is 581. The maximum atomic E-state index is 11.5. The molecule has 0 fully saturated rings. The number of carbonyl (C=O) groups excluding carboxylic acids is 1. The quantitative estimate of drug-likeness (QED) is 0.722. The van der Waals surface area contributed by atoms with Crippen LogP contribution in [0.5, 0.6) is 0 Å². The van der Waals surface area contributed by atoms with Crippen molar-refractivity contribution in [3.8, 4) is 0 Å². The molecule has 2 N–H and O–H groups in total. The molecule has 5 nitrogen and oxygen atoms in total. The van der Waals surface area contributed by atoms with E-state index in [0.717, 1.165) is 16.5 Å². The first kappa shape index (κ1) is 15.4. The van der Waals surface area contributed by atoms with E-state index in [2.05, 4.69) is 33.8 Å². The lowest BCUT2D eigenvalue weighted by atomic mass is 10.1. The van der Waals surface area contributed by atoms with Crippen LogP contribution in [0.1, 0.15) is 12.0 Å². The van der Waals surface area contributed by atoms with Gasteiger partial charge in [0.05, 0.1) is 12.1 Å². The number of benzene rings is 1. The predicted octanol–water partition coefficient (Wildman–Crippen LogP) is 1.48. The molecule has 21 heavy (non-hydrogen) atoms. The van der Waals surface area contributed by atoms with Crippen LogP contribution in [0.15, 0.2) is 36.5 Å². The predicted molar refractivity (Wildman–Crippen MR) is 83.0 cm³/mol. The van der Waals surface area contributed by atoms with Gasteiger partial charge in [0.15, 0.2) is 0 Å². The van der Waals surface area contributed by atoms with Gasteiger partial charge < -0.3 is 15.4 Å². The van der Waals surface area contributed by atoms with Gasteiger partial charge in [0, 0.05) is 44.7 Å². The molecule has 0 aliphatic rings. The molecule has 0 aliphatic heterocycles. The van der Waals surface area contributed by atoms with E-state index in [1.165, 1.54) is 0 Å². The minimum atomic E-state index is 0.0376. The Labute approximate surface area is 124 Å². The van der Waals surface area contributed by atoms with E-state index in [9.17, 15) is 4.79 Å². The number of fused-ring (bicyclic) bond motifs is 1. The first-order valence-electron chi connectivity index (χ1n) is 7.10. The summed E-state index contributed by atoms with van der Waals surface area (Å²) in [6.07, 6.45) is 2.26. The Morgan fingerprint density at radius 2 is 2.10 bits per heavy atom. The Kier molecular flexibility index (Phi) is 6.12. The molecule has 1 aromatic carbocycles. The van der Waals surface area contributed by atoms with Crippen LogP contribution in [-0.2, 0) is 16.1 Å². The van der Waals surface area contributed by atoms with Crippen LogP contribution < -0.4 is 10.6 Å². The number of carbonyl (C=O) groups is 1. The second kappa shape index (κ2) is 8.34. The molecule has 0 atom stereocenters. The zero-order valence-corrected chi connectivity index (χ0v) is 12.3. The number of nitrogens with zero attached hydrogens (tertiary/aromatic N) is 1. The van der Waals surface area contributed by atoms with Crippen LogP contribution in [0.25, 0.3) is 10.9 Å². The molecule has 0 unspecified atom stereocenters. The topological polar surface area (TPSA) is 63.2 Å². The number of para-hydroxylation sites is 1. The fraction of sp³-hybridized carbons (Fsp3) is 0.375. The number of aromatic nitrogens is 1. The highest BCUT2D eigenvalue weighted by Gasteiger charge is 2.03. The summed E-state index contributed by atoms with van der Waals surface area (Å²) in [4.78, 5) is 15.9. The van der Waals surface area contributed by atoms with Crippen LogP contribution in [-0.4, -0.2) is 37.7 Å². The maximum Gasteiger partial charge on any atom is 0.221 e. The summed E-state index contributed by atoms with van der Waals surface area (Å²) >= 11 is 0. The average molecular weight is 287 g/mol. The Balaban J connectivity index is 1.76. The molecular weight excluding hydrogens is 266 g/mol. The number of hydrogen-bond donors (Lipinski definition) is 2. The van der Waals surface area contributed by atoms with Gasteiger partial charge in [0.25, 0.3) is 0 Å². The van der Waals surface area contributed by atoms with Gasteiger partial charge in [-0.3, -0.25) is 9.78 Å². The average Bonchev–Trinajstić information content (AvgIpc) is 2.52. The zero-order chi connectivity index (χ0) is 14.9. The normalized spacial score (nSPS) is 10.7. The molecule has 1 amide bonds. The molecule has 2 aromatic rings. The van der Waals surface area contributed by atoms with Crippen LogP contribution in [0.4, 0.5) is 0 Å². The summed E-state index contributed by atoms with van der Waals surface area (Å²) in [6.45, 7) is 2.45. The largest absolute Gasteiger partial charge is 0.383 e. The highest BCUT2D eigenvalue weighted by molar-refractivity contribution is 5.81. The van der Waals surface area contributed by atoms with Crippen LogP contribution in [0.2, 0.25) is 0 Å². The molecular formula is C16H21N3O2. The van der Waals surface area contributed by atoms with E-state index >= 15 is 0 Å². The number of pyridine rings is 1. The monoisotopic (exact) mass is 287 g/mol. The zero-order valence-electron chi connectivity index (χ0n) is 12.3. The van der Waals surface area contributed by atoms with Crippen molar-refractivity contribution < 1.29 is 9.53 Å². The maximum absolute atomic E-state index is 11.5. The van der Waals surface area contributed by atoms with Gasteiger partial charge in [-0.25, -0.2) is 0 Å². The lowest BCUT2D eigenvalue weighted by molar-refractivity contribution is -0.121. The number of hydrogen-bond acceptors (Lipinski definition) is 4. The highest BCUT2D eigenvalue weighted by Crippen LogP contribution is 2.15. The first-order valence-corrected chi connectivity index (χ1v) is 7.10. The fourth-order valence-corrected chi connectivity index (χ4v) is 2.12. The Morgan fingerprint density at radius 3 is 2.95 bits per heavy atom. The van der Waals surface area contributed by atoms with E-state index in [1.54, 1.807) is 13.3 Å². The number of nitrogens with one attached hydrogen (secondary N) is 2. The summed E-state index contributed by atoms with van der Waals surface area (Å²) in [5.74, 6) is 0.0376. The molecule has 1 heterocycles. The molecule has 0 bridgehead atoms. The summed E-state index contributed by atoms with van der Waals surface area (Å²) in [6, 6.07) is 10.1. The minimum absolute atomic E-state index is 0.0376. The fourth-order valence-electron chi connectivity index (χ4n) is 2.12. The molecule has 5 heteroatoms. The highest BCUT2D eigenvalue weighted by atomic mass is 16.5. The third-order valence-electron chi connectivity index (χ3n) is 3.19. The number of methoxy groups -OCH3 is 1. The summed E-state index contributed by atoms with van der Waals surface area (Å²) in [7, 11) is 1.62. The van der Waals surface area contributed by atoms with E-state index in [4.69, 9.17) is 4.74 Å². The number of ether oxygens (including phenoxy) is 1. The van der Waals surface area contributed by atoms with Gasteiger partial charge >= 0.3 is 0 Å². The molecule has 0 saturated carbocycles. The molecule has 2 rings (SSSR count). The van der Waals surface area contributed by atoms with Gasteiger partial charge in [-0.1, -0.05) is 24.3 Å². The van der Waals surface area contributed by atoms with Crippen molar-refractivity contribution >= 4 is 16.8 Å². The lowest BCUT2D eigenvalue weighted by Gasteiger charge is -2.08. The van der Waals surface area contributed by atoms with Crippen molar-refractivity contribution in [2.75, 3.05) is 26.8 Å². The van der Waals surface area contributed by atoms with Crippen molar-refractivity contribution in [3.05, 3.63) is 42.1 Å². The second-order valence-electron chi connectivity index (χ2n) is 4.76. The van der Waals surface area contributed by atoms with E-state index in [-0.39, 0.29) is 5.91 Å². The standard InChI is InChI=1S/C16H21N3O2/c1-21-11-10-18-15(20)7-9-17-12-14-5-2-4-13-6-3-8-19-16(13)14/h2-6,8,17H,7,9-12H2,1H3,(H,18,20). The van der Waals surface area contributed by atoms with Crippen molar-refractivity contribution in [3.63, 3.8) is 0 Å². The van der Waals surface area contributed by atoms with Crippen molar-refractivity contribution in [1.29, 1.82) is 0 Å². The van der Waals surface area contributed by atoms with Crippen LogP contribution >= 0.6 is 0 Å². The third kappa shape index (κ3) is 4.81. The van der Waals surface area contributed by atoms with Crippen molar-refractivity contribution in [2.45, 2.75) is 13.0 Å². The van der Waals surface area contributed by atoms with Gasteiger partial charge in [-0.2, -0.15) is 0 Å². The molecule has 1 aromatic heterocycles. The summed E-state index contributed by atoms with van der Waals surface area (Å²) in [5.41, 5.74) is 2.16. The number of rotatable bonds is 8. The lowest BCUT2D eigenvalue weighted by Crippen LogP contribution is -2.29. The van der Waals surface area contributed by atoms with E-state index in [0.29, 0.717) is 32.7 Å². The number of amides is 1. The van der Waals surface area contributed by atoms with E-state index < -0.39 is 0 Å². The van der Waals surface area contributed by atoms with Gasteiger partial charge in [-0.15, -0.1) is 0 Å². The van der Waals surface area contributed by atoms with Gasteiger partial charge in [0.2, 0.25) is 5.91 Å². The molecule has 112 valence electrons. The van der Waals surface area contributed by atoms with Crippen molar-refractivity contribution in [2.24, 2.45) is 0 Å². The molecule has 0 saturated heterocycles. The van der Waals surface area contributed by atoms with Crippen LogP contribution in [0.3, 0.4) is 0 Å². The SMILES string of the molecule is COCCNC(=O)CCNCc1cccc2cccnc12. The molecule has 0 aliphatic carbocycles. The smallest absolute Gasteiger partial charge is 0.221 e. The molecule has 0 spiro atoms. The molecule has 0 radical (unpaired) electrons. The second-order valence-corrected chi connectivity index (χ2v) is 4.76. The third-order valence-corrected chi connectivity index (χ3v) is 3.19. The summed E-state index contributed by atoms with van der Waals surface area (Å²) < 4.78 is 4.88. The van der Waals surface area contributed by atoms with Gasteiger partial charge in [0.1, 0.15) is 0 Å². The van der Waals surface area contributed by atoms with E-state index in [1.807, 2.05) is 12.1 Å². The van der Waals surface area contributed by atoms with Gasteiger partial charge in [-0.05, 0) is 11.6 Å². The van der Waals surface area contributed by atoms with Crippen molar-refractivity contribution in [1.82, 2.24) is 15.6 Å². The minimum Gasteiger partial charge on any atom is -0.383 e. The first-order chi connectivity index (χ1) is 10.3. The Hall–Kier alpha value is -1.98. The Morgan fingerprint density at radius 1 is 1.24 bits per heavy atom. The van der Waals surface area contributed by atoms with Crippen LogP contribution in [0, 0.1) is 0 Å².